The predicted molar refractivity (Wildman–Crippen MR) is 92.2 cm³/mol. The van der Waals surface area contributed by atoms with Crippen LogP contribution in [0.1, 0.15) is 44.4 Å². The van der Waals surface area contributed by atoms with Crippen LogP contribution in [0.4, 0.5) is 0 Å². The average molecular weight is 283 g/mol. The molecule has 0 amide bonds. The minimum absolute atomic E-state index is 0.300. The molecule has 0 radical (unpaired) electrons. The second-order valence-corrected chi connectivity index (χ2v) is 13.8. The molecule has 0 bridgehead atoms. The lowest BCUT2D eigenvalue weighted by atomic mass is 9.84. The predicted octanol–water partition coefficient (Wildman–Crippen LogP) is 5.50. The molecule has 0 aliphatic carbocycles. The van der Waals surface area contributed by atoms with Gasteiger partial charge in [0.25, 0.3) is 0 Å². The highest BCUT2D eigenvalue weighted by atomic mass is 28.3. The van der Waals surface area contributed by atoms with E-state index in [0.717, 1.165) is 0 Å². The zero-order chi connectivity index (χ0) is 14.9. The lowest BCUT2D eigenvalue weighted by Gasteiger charge is -2.55. The maximum atomic E-state index is 2.57. The Morgan fingerprint density at radius 1 is 0.850 bits per heavy atom. The van der Waals surface area contributed by atoms with E-state index in [9.17, 15) is 0 Å². The van der Waals surface area contributed by atoms with E-state index < -0.39 is 8.07 Å². The van der Waals surface area contributed by atoms with Crippen LogP contribution in [0, 0.1) is 6.92 Å². The third-order valence-electron chi connectivity index (χ3n) is 6.68. The Morgan fingerprint density at radius 2 is 1.50 bits per heavy atom. The van der Waals surface area contributed by atoms with E-state index in [1.165, 1.54) is 16.3 Å². The number of benzene rings is 2. The summed E-state index contributed by atoms with van der Waals surface area (Å²) in [6.45, 7) is 17.3. The van der Waals surface area contributed by atoms with Gasteiger partial charge < -0.3 is 0 Å². The molecule has 2 aromatic rings. The summed E-state index contributed by atoms with van der Waals surface area (Å²) in [5.41, 5.74) is 4.65. The fourth-order valence-electron chi connectivity index (χ4n) is 4.24. The monoisotopic (exact) mass is 282 g/mol. The summed E-state index contributed by atoms with van der Waals surface area (Å²) >= 11 is 0. The third kappa shape index (κ3) is 1.37. The maximum Gasteiger partial charge on any atom is 0.0684 e. The van der Waals surface area contributed by atoms with Crippen LogP contribution in [0.25, 0.3) is 10.8 Å². The molecule has 20 heavy (non-hydrogen) atoms. The van der Waals surface area contributed by atoms with Gasteiger partial charge in [-0.1, -0.05) is 71.1 Å². The minimum atomic E-state index is -1.50. The van der Waals surface area contributed by atoms with Crippen molar-refractivity contribution in [2.45, 2.75) is 57.8 Å². The van der Waals surface area contributed by atoms with Crippen LogP contribution in [0.3, 0.4) is 0 Å². The van der Waals surface area contributed by atoms with Gasteiger partial charge in [-0.3, -0.25) is 0 Å². The van der Waals surface area contributed by atoms with Crippen LogP contribution < -0.4 is 0 Å². The molecule has 0 N–H and O–H groups in total. The summed E-state index contributed by atoms with van der Waals surface area (Å²) in [4.78, 5) is 0. The van der Waals surface area contributed by atoms with Crippen molar-refractivity contribution < 1.29 is 0 Å². The van der Waals surface area contributed by atoms with E-state index in [1.807, 2.05) is 0 Å². The first-order chi connectivity index (χ1) is 9.12. The quantitative estimate of drug-likeness (QED) is 0.559. The van der Waals surface area contributed by atoms with Gasteiger partial charge in [-0.2, -0.15) is 0 Å². The van der Waals surface area contributed by atoms with Crippen molar-refractivity contribution >= 4 is 18.8 Å². The van der Waals surface area contributed by atoms with Gasteiger partial charge in [0.1, 0.15) is 0 Å². The highest BCUT2D eigenvalue weighted by Crippen LogP contribution is 2.54. The van der Waals surface area contributed by atoms with E-state index in [1.54, 1.807) is 11.1 Å². The standard InChI is InChI=1S/C19H26Si/c1-13-11-12-14-9-8-10-15-16(14)17(13)19(4,5)20(6,7)18(15,2)3/h8-12H,1-7H3. The molecule has 1 aliphatic rings. The molecule has 0 saturated heterocycles. The molecular weight excluding hydrogens is 256 g/mol. The number of aryl methyl sites for hydroxylation is 1. The Labute approximate surface area is 124 Å². The fourth-order valence-corrected chi connectivity index (χ4v) is 7.63. The zero-order valence-electron chi connectivity index (χ0n) is 13.9. The Balaban J connectivity index is 2.60. The number of hydrogen-bond donors (Lipinski definition) is 0. The molecule has 0 saturated carbocycles. The first-order valence-electron chi connectivity index (χ1n) is 7.65. The van der Waals surface area contributed by atoms with Crippen molar-refractivity contribution in [1.82, 2.24) is 0 Å². The second kappa shape index (κ2) is 3.76. The van der Waals surface area contributed by atoms with Crippen LogP contribution in [-0.4, -0.2) is 8.07 Å². The van der Waals surface area contributed by atoms with Crippen molar-refractivity contribution in [3.8, 4) is 0 Å². The van der Waals surface area contributed by atoms with Crippen LogP contribution in [0.15, 0.2) is 30.3 Å². The van der Waals surface area contributed by atoms with Gasteiger partial charge >= 0.3 is 0 Å². The van der Waals surface area contributed by atoms with Gasteiger partial charge in [-0.05, 0) is 44.5 Å². The van der Waals surface area contributed by atoms with Crippen molar-refractivity contribution in [3.63, 3.8) is 0 Å². The molecule has 0 spiro atoms. The third-order valence-corrected chi connectivity index (χ3v) is 13.4. The van der Waals surface area contributed by atoms with E-state index >= 15 is 0 Å². The van der Waals surface area contributed by atoms with Crippen molar-refractivity contribution in [2.24, 2.45) is 0 Å². The first kappa shape index (κ1) is 13.9. The molecular formula is C19H26Si. The molecule has 106 valence electrons. The Hall–Kier alpha value is -1.08. The summed E-state index contributed by atoms with van der Waals surface area (Å²) in [7, 11) is -1.50. The summed E-state index contributed by atoms with van der Waals surface area (Å²) < 4.78 is 0. The molecule has 1 heteroatoms. The maximum absolute atomic E-state index is 2.57. The van der Waals surface area contributed by atoms with Crippen LogP contribution in [0.5, 0.6) is 0 Å². The number of rotatable bonds is 0. The summed E-state index contributed by atoms with van der Waals surface area (Å²) in [5.74, 6) is 0. The fraction of sp³-hybridized carbons (Fsp3) is 0.474. The van der Waals surface area contributed by atoms with Gasteiger partial charge in [-0.15, -0.1) is 0 Å². The normalized spacial score (nSPS) is 21.9. The topological polar surface area (TPSA) is 0 Å². The summed E-state index contributed by atoms with van der Waals surface area (Å²) in [6, 6.07) is 11.5. The molecule has 0 aromatic heterocycles. The van der Waals surface area contributed by atoms with E-state index in [2.05, 4.69) is 78.0 Å². The number of hydrogen-bond acceptors (Lipinski definition) is 0. The molecule has 1 heterocycles. The van der Waals surface area contributed by atoms with E-state index in [4.69, 9.17) is 0 Å². The van der Waals surface area contributed by atoms with E-state index in [0.29, 0.717) is 10.1 Å². The SMILES string of the molecule is Cc1ccc2cccc3c2c1C(C)(C)[Si](C)(C)C3(C)C. The molecule has 0 atom stereocenters. The van der Waals surface area contributed by atoms with Crippen molar-refractivity contribution in [2.75, 3.05) is 0 Å². The van der Waals surface area contributed by atoms with Gasteiger partial charge in [0.05, 0.1) is 8.07 Å². The van der Waals surface area contributed by atoms with Crippen LogP contribution in [0.2, 0.25) is 13.1 Å². The second-order valence-electron chi connectivity index (χ2n) is 8.04. The van der Waals surface area contributed by atoms with Crippen molar-refractivity contribution in [3.05, 3.63) is 47.0 Å². The molecule has 0 nitrogen and oxygen atoms in total. The average Bonchev–Trinajstić information content (AvgIpc) is 2.35. The lowest BCUT2D eigenvalue weighted by molar-refractivity contribution is 0.602. The highest BCUT2D eigenvalue weighted by molar-refractivity contribution is 6.83. The molecule has 1 aliphatic heterocycles. The Morgan fingerprint density at radius 3 is 2.15 bits per heavy atom. The summed E-state index contributed by atoms with van der Waals surface area (Å²) in [5, 5.41) is 3.55. The molecule has 3 rings (SSSR count). The summed E-state index contributed by atoms with van der Waals surface area (Å²) in [6.07, 6.45) is 0. The zero-order valence-corrected chi connectivity index (χ0v) is 14.9. The van der Waals surface area contributed by atoms with Gasteiger partial charge in [0.2, 0.25) is 0 Å². The van der Waals surface area contributed by atoms with Gasteiger partial charge in [-0.25, -0.2) is 0 Å². The Bertz CT molecular complexity index is 705. The molecule has 0 fully saturated rings. The minimum Gasteiger partial charge on any atom is -0.0680 e. The van der Waals surface area contributed by atoms with Gasteiger partial charge in [0, 0.05) is 0 Å². The van der Waals surface area contributed by atoms with E-state index in [-0.39, 0.29) is 0 Å². The lowest BCUT2D eigenvalue weighted by Crippen LogP contribution is -2.62. The van der Waals surface area contributed by atoms with Crippen LogP contribution >= 0.6 is 0 Å². The highest BCUT2D eigenvalue weighted by Gasteiger charge is 2.55. The molecule has 0 unspecified atom stereocenters. The van der Waals surface area contributed by atoms with Gasteiger partial charge in [0.15, 0.2) is 0 Å². The first-order valence-corrected chi connectivity index (χ1v) is 10.7. The van der Waals surface area contributed by atoms with Crippen molar-refractivity contribution in [1.29, 1.82) is 0 Å². The largest absolute Gasteiger partial charge is 0.0684 e. The Kier molecular flexibility index (Phi) is 2.61. The smallest absolute Gasteiger partial charge is 0.0680 e. The van der Waals surface area contributed by atoms with Crippen LogP contribution in [-0.2, 0) is 10.1 Å². The molecule has 2 aromatic carbocycles.